The molecule has 0 unspecified atom stereocenters. The molecule has 1 N–H and O–H groups in total. The lowest BCUT2D eigenvalue weighted by molar-refractivity contribution is -0.0543. The van der Waals surface area contributed by atoms with Crippen molar-refractivity contribution in [2.75, 3.05) is 26.3 Å². The van der Waals surface area contributed by atoms with E-state index in [9.17, 15) is 9.50 Å². The van der Waals surface area contributed by atoms with E-state index in [1.165, 1.54) is 11.6 Å². The first-order chi connectivity index (χ1) is 15.5. The summed E-state index contributed by atoms with van der Waals surface area (Å²) in [6.45, 7) is 5.70. The van der Waals surface area contributed by atoms with Crippen LogP contribution in [0.2, 0.25) is 0 Å². The summed E-state index contributed by atoms with van der Waals surface area (Å²) in [4.78, 5) is 2.31. The van der Waals surface area contributed by atoms with Gasteiger partial charge in [-0.1, -0.05) is 24.3 Å². The number of para-hydroxylation sites is 1. The number of rotatable bonds is 9. The summed E-state index contributed by atoms with van der Waals surface area (Å²) in [5, 5.41) is 15.2. The molecule has 6 nitrogen and oxygen atoms in total. The van der Waals surface area contributed by atoms with Gasteiger partial charge >= 0.3 is 0 Å². The number of benzene rings is 2. The van der Waals surface area contributed by atoms with Gasteiger partial charge in [0.05, 0.1) is 12.2 Å². The molecule has 2 heterocycles. The normalized spacial score (nSPS) is 16.1. The second kappa shape index (κ2) is 10.1. The molecule has 7 heteroatoms. The van der Waals surface area contributed by atoms with Crippen LogP contribution in [0.3, 0.4) is 0 Å². The number of nitrogens with zero attached hydrogens (tertiary/aromatic N) is 3. The van der Waals surface area contributed by atoms with E-state index >= 15 is 0 Å². The Morgan fingerprint density at radius 1 is 1.03 bits per heavy atom. The highest BCUT2D eigenvalue weighted by Gasteiger charge is 2.33. The van der Waals surface area contributed by atoms with Crippen LogP contribution in [0, 0.1) is 12.7 Å². The van der Waals surface area contributed by atoms with Gasteiger partial charge in [0, 0.05) is 25.8 Å². The predicted molar refractivity (Wildman–Crippen MR) is 120 cm³/mol. The molecular weight excluding hydrogens is 409 g/mol. The molecular formula is C25H30FN3O3. The van der Waals surface area contributed by atoms with Crippen molar-refractivity contribution < 1.29 is 19.0 Å². The second-order valence-electron chi connectivity index (χ2n) is 8.43. The number of ether oxygens (including phenoxy) is 2. The third-order valence-corrected chi connectivity index (χ3v) is 5.81. The maximum atomic E-state index is 13.7. The number of aromatic nitrogens is 2. The quantitative estimate of drug-likeness (QED) is 0.549. The van der Waals surface area contributed by atoms with Crippen LogP contribution in [0.15, 0.2) is 60.8 Å². The highest BCUT2D eigenvalue weighted by Crippen LogP contribution is 2.26. The molecule has 1 saturated heterocycles. The van der Waals surface area contributed by atoms with Gasteiger partial charge in [-0.2, -0.15) is 5.10 Å². The van der Waals surface area contributed by atoms with E-state index in [-0.39, 0.29) is 12.4 Å². The molecule has 2 aromatic carbocycles. The molecule has 0 saturated carbocycles. The molecule has 0 aliphatic carbocycles. The van der Waals surface area contributed by atoms with Gasteiger partial charge in [-0.05, 0) is 55.7 Å². The molecule has 32 heavy (non-hydrogen) atoms. The highest BCUT2D eigenvalue weighted by atomic mass is 19.1. The van der Waals surface area contributed by atoms with E-state index < -0.39 is 11.4 Å². The third-order valence-electron chi connectivity index (χ3n) is 5.81. The van der Waals surface area contributed by atoms with Crippen LogP contribution in [-0.2, 0) is 13.1 Å². The molecule has 3 aromatic rings. The second-order valence-corrected chi connectivity index (χ2v) is 8.43. The van der Waals surface area contributed by atoms with Crippen LogP contribution < -0.4 is 9.47 Å². The number of likely N-dealkylation sites (tertiary alicyclic amines) is 1. The lowest BCUT2D eigenvalue weighted by atomic mass is 9.92. The molecule has 0 bridgehead atoms. The van der Waals surface area contributed by atoms with E-state index in [1.807, 2.05) is 36.0 Å². The molecule has 170 valence electrons. The SMILES string of the molecule is Cc1ccn(CCOc2ccc(CN3CCC(O)(COc4ccccc4F)CC3)cc2)n1. The molecule has 0 radical (unpaired) electrons. The van der Waals surface area contributed by atoms with Crippen molar-refractivity contribution in [2.45, 2.75) is 38.5 Å². The van der Waals surface area contributed by atoms with Crippen LogP contribution in [0.25, 0.3) is 0 Å². The van der Waals surface area contributed by atoms with Gasteiger partial charge in [-0.25, -0.2) is 4.39 Å². The number of aliphatic hydroxyl groups is 1. The zero-order chi connectivity index (χ0) is 22.4. The van der Waals surface area contributed by atoms with E-state index in [2.05, 4.69) is 22.1 Å². The maximum absolute atomic E-state index is 13.7. The third kappa shape index (κ3) is 6.08. The van der Waals surface area contributed by atoms with Crippen molar-refractivity contribution >= 4 is 0 Å². The molecule has 1 aromatic heterocycles. The smallest absolute Gasteiger partial charge is 0.165 e. The number of hydrogen-bond acceptors (Lipinski definition) is 5. The van der Waals surface area contributed by atoms with Crippen LogP contribution in [0.1, 0.15) is 24.1 Å². The van der Waals surface area contributed by atoms with Gasteiger partial charge in [0.15, 0.2) is 11.6 Å². The number of piperidine rings is 1. The summed E-state index contributed by atoms with van der Waals surface area (Å²) in [7, 11) is 0. The van der Waals surface area contributed by atoms with Gasteiger partial charge in [0.2, 0.25) is 0 Å². The molecule has 1 aliphatic heterocycles. The lowest BCUT2D eigenvalue weighted by Crippen LogP contribution is -2.47. The van der Waals surface area contributed by atoms with Crippen molar-refractivity contribution in [1.29, 1.82) is 0 Å². The first-order valence-corrected chi connectivity index (χ1v) is 11.0. The van der Waals surface area contributed by atoms with Gasteiger partial charge in [0.25, 0.3) is 0 Å². The topological polar surface area (TPSA) is 59.8 Å². The lowest BCUT2D eigenvalue weighted by Gasteiger charge is -2.38. The standard InChI is InChI=1S/C25H30FN3O3/c1-20-10-13-29(27-20)16-17-31-22-8-6-21(7-9-22)18-28-14-11-25(30,12-15-28)19-32-24-5-3-2-4-23(24)26/h2-10,13,30H,11-12,14-19H2,1H3. The Morgan fingerprint density at radius 3 is 2.47 bits per heavy atom. The fourth-order valence-corrected chi connectivity index (χ4v) is 3.84. The minimum atomic E-state index is -0.927. The summed E-state index contributed by atoms with van der Waals surface area (Å²) >= 11 is 0. The fourth-order valence-electron chi connectivity index (χ4n) is 3.84. The Balaban J connectivity index is 1.19. The van der Waals surface area contributed by atoms with E-state index in [0.29, 0.717) is 26.0 Å². The van der Waals surface area contributed by atoms with Crippen molar-refractivity contribution in [3.63, 3.8) is 0 Å². The van der Waals surface area contributed by atoms with Gasteiger partial charge < -0.3 is 14.6 Å². The zero-order valence-corrected chi connectivity index (χ0v) is 18.4. The largest absolute Gasteiger partial charge is 0.492 e. The molecule has 0 amide bonds. The maximum Gasteiger partial charge on any atom is 0.165 e. The average Bonchev–Trinajstić information content (AvgIpc) is 3.21. The van der Waals surface area contributed by atoms with Gasteiger partial charge in [0.1, 0.15) is 24.6 Å². The van der Waals surface area contributed by atoms with Crippen molar-refractivity contribution in [1.82, 2.24) is 14.7 Å². The average molecular weight is 440 g/mol. The van der Waals surface area contributed by atoms with Crippen LogP contribution >= 0.6 is 0 Å². The summed E-state index contributed by atoms with van der Waals surface area (Å²) in [6, 6.07) is 16.4. The predicted octanol–water partition coefficient (Wildman–Crippen LogP) is 3.82. The Morgan fingerprint density at radius 2 is 1.78 bits per heavy atom. The van der Waals surface area contributed by atoms with Crippen LogP contribution in [0.4, 0.5) is 4.39 Å². The van der Waals surface area contributed by atoms with Gasteiger partial charge in [-0.3, -0.25) is 9.58 Å². The Bertz CT molecular complexity index is 998. The number of hydrogen-bond donors (Lipinski definition) is 1. The Labute approximate surface area is 188 Å². The minimum Gasteiger partial charge on any atom is -0.492 e. The van der Waals surface area contributed by atoms with E-state index in [4.69, 9.17) is 9.47 Å². The number of halogens is 1. The summed E-state index contributed by atoms with van der Waals surface area (Å²) in [6.07, 6.45) is 3.14. The molecule has 0 atom stereocenters. The Kier molecular flexibility index (Phi) is 7.07. The van der Waals surface area contributed by atoms with Crippen molar-refractivity contribution in [3.05, 3.63) is 77.9 Å². The van der Waals surface area contributed by atoms with Crippen LogP contribution in [0.5, 0.6) is 11.5 Å². The Hall–Kier alpha value is -2.90. The minimum absolute atomic E-state index is 0.103. The first kappa shape index (κ1) is 22.3. The fraction of sp³-hybridized carbons (Fsp3) is 0.400. The van der Waals surface area contributed by atoms with Crippen molar-refractivity contribution in [2.24, 2.45) is 0 Å². The monoisotopic (exact) mass is 439 g/mol. The van der Waals surface area contributed by atoms with Gasteiger partial charge in [-0.15, -0.1) is 0 Å². The summed E-state index contributed by atoms with van der Waals surface area (Å²) in [5.74, 6) is 0.624. The zero-order valence-electron chi connectivity index (χ0n) is 18.4. The van der Waals surface area contributed by atoms with Crippen LogP contribution in [-0.4, -0.2) is 51.7 Å². The number of aryl methyl sites for hydroxylation is 1. The van der Waals surface area contributed by atoms with Crippen molar-refractivity contribution in [3.8, 4) is 11.5 Å². The first-order valence-electron chi connectivity index (χ1n) is 11.0. The molecule has 4 rings (SSSR count). The molecule has 1 aliphatic rings. The summed E-state index contributed by atoms with van der Waals surface area (Å²) < 4.78 is 27.0. The molecule has 1 fully saturated rings. The van der Waals surface area contributed by atoms with E-state index in [0.717, 1.165) is 31.1 Å². The summed E-state index contributed by atoms with van der Waals surface area (Å²) in [5.41, 5.74) is 1.28. The molecule has 0 spiro atoms. The highest BCUT2D eigenvalue weighted by molar-refractivity contribution is 5.27. The van der Waals surface area contributed by atoms with E-state index in [1.54, 1.807) is 18.2 Å².